The molecule has 0 aliphatic carbocycles. The predicted octanol–water partition coefficient (Wildman–Crippen LogP) is 3.16. The van der Waals surface area contributed by atoms with E-state index in [1.54, 1.807) is 6.20 Å². The number of hydrogen-bond donors (Lipinski definition) is 2. The van der Waals surface area contributed by atoms with Crippen molar-refractivity contribution in [3.8, 4) is 0 Å². The molecule has 0 unspecified atom stereocenters. The molecular formula is C20H25N5O3. The number of piperidine rings is 1. The number of carbonyl (C=O) groups is 2. The van der Waals surface area contributed by atoms with Crippen LogP contribution in [0.2, 0.25) is 0 Å². The lowest BCUT2D eigenvalue weighted by Gasteiger charge is -2.33. The Morgan fingerprint density at radius 1 is 1.25 bits per heavy atom. The number of carbonyl (C=O) groups excluding carboxylic acids is 1. The number of likely N-dealkylation sites (tertiary alicyclic amines) is 1. The molecule has 8 nitrogen and oxygen atoms in total. The van der Waals surface area contributed by atoms with Crippen molar-refractivity contribution < 1.29 is 14.7 Å². The van der Waals surface area contributed by atoms with Gasteiger partial charge in [0, 0.05) is 24.9 Å². The van der Waals surface area contributed by atoms with Crippen LogP contribution in [0.25, 0.3) is 0 Å². The van der Waals surface area contributed by atoms with E-state index in [0.29, 0.717) is 18.8 Å². The first-order valence-electron chi connectivity index (χ1n) is 9.33. The van der Waals surface area contributed by atoms with Gasteiger partial charge in [-0.3, -0.25) is 14.5 Å². The van der Waals surface area contributed by atoms with Crippen LogP contribution >= 0.6 is 0 Å². The van der Waals surface area contributed by atoms with Crippen LogP contribution < -0.4 is 5.32 Å². The molecule has 3 heterocycles. The summed E-state index contributed by atoms with van der Waals surface area (Å²) in [5, 5.41) is 17.0. The summed E-state index contributed by atoms with van der Waals surface area (Å²) < 4.78 is 1.96. The summed E-state index contributed by atoms with van der Waals surface area (Å²) in [6.45, 7) is 7.06. The fourth-order valence-corrected chi connectivity index (χ4v) is 3.43. The van der Waals surface area contributed by atoms with Crippen LogP contribution in [0, 0.1) is 6.92 Å². The van der Waals surface area contributed by atoms with Gasteiger partial charge in [0.05, 0.1) is 41.1 Å². The van der Waals surface area contributed by atoms with Crippen LogP contribution in [-0.4, -0.2) is 49.7 Å². The fourth-order valence-electron chi connectivity index (χ4n) is 3.43. The van der Waals surface area contributed by atoms with Crippen LogP contribution in [-0.2, 0) is 4.79 Å². The van der Waals surface area contributed by atoms with E-state index in [1.807, 2.05) is 36.4 Å². The second-order valence-electron chi connectivity index (χ2n) is 6.93. The SMILES string of the molecule is C/C=C(\C)C(=O)N1CCC(n2ncc(Nc3cnccc3C(=O)O)c2C)CC1. The average Bonchev–Trinajstić information content (AvgIpc) is 3.07. The molecule has 2 aromatic rings. The first-order chi connectivity index (χ1) is 13.4. The quantitative estimate of drug-likeness (QED) is 0.769. The van der Waals surface area contributed by atoms with Gasteiger partial charge in [-0.1, -0.05) is 6.08 Å². The summed E-state index contributed by atoms with van der Waals surface area (Å²) in [5.41, 5.74) is 3.03. The van der Waals surface area contributed by atoms with Crippen molar-refractivity contribution in [3.63, 3.8) is 0 Å². The van der Waals surface area contributed by atoms with E-state index in [-0.39, 0.29) is 17.5 Å². The minimum atomic E-state index is -1.01. The lowest BCUT2D eigenvalue weighted by Crippen LogP contribution is -2.39. The lowest BCUT2D eigenvalue weighted by atomic mass is 10.0. The number of rotatable bonds is 5. The highest BCUT2D eigenvalue weighted by Gasteiger charge is 2.26. The summed E-state index contributed by atoms with van der Waals surface area (Å²) in [5.74, 6) is -0.915. The van der Waals surface area contributed by atoms with Gasteiger partial charge in [0.1, 0.15) is 0 Å². The minimum absolute atomic E-state index is 0.0956. The van der Waals surface area contributed by atoms with Crippen LogP contribution in [0.1, 0.15) is 48.8 Å². The van der Waals surface area contributed by atoms with Crippen LogP contribution in [0.3, 0.4) is 0 Å². The number of pyridine rings is 1. The Morgan fingerprint density at radius 2 is 1.96 bits per heavy atom. The van der Waals surface area contributed by atoms with Gasteiger partial charge in [0.25, 0.3) is 0 Å². The van der Waals surface area contributed by atoms with Gasteiger partial charge in [-0.2, -0.15) is 5.10 Å². The van der Waals surface area contributed by atoms with Gasteiger partial charge in [0.15, 0.2) is 0 Å². The van der Waals surface area contributed by atoms with E-state index in [9.17, 15) is 14.7 Å². The van der Waals surface area contributed by atoms with E-state index in [1.165, 1.54) is 18.5 Å². The average molecular weight is 383 g/mol. The zero-order valence-corrected chi connectivity index (χ0v) is 16.3. The number of nitrogens with one attached hydrogen (secondary N) is 1. The van der Waals surface area contributed by atoms with Gasteiger partial charge in [-0.05, 0) is 39.7 Å². The molecule has 0 saturated carbocycles. The molecule has 2 aromatic heterocycles. The topological polar surface area (TPSA) is 100 Å². The molecule has 28 heavy (non-hydrogen) atoms. The molecular weight excluding hydrogens is 358 g/mol. The van der Waals surface area contributed by atoms with Crippen molar-refractivity contribution in [2.75, 3.05) is 18.4 Å². The van der Waals surface area contributed by atoms with Gasteiger partial charge in [-0.25, -0.2) is 4.79 Å². The number of carboxylic acid groups (broad SMARTS) is 1. The number of amides is 1. The molecule has 1 aliphatic rings. The molecule has 3 rings (SSSR count). The third kappa shape index (κ3) is 3.90. The molecule has 8 heteroatoms. The Balaban J connectivity index is 1.71. The number of aromatic carboxylic acids is 1. The first kappa shape index (κ1) is 19.6. The van der Waals surface area contributed by atoms with E-state index in [4.69, 9.17) is 0 Å². The maximum atomic E-state index is 12.3. The van der Waals surface area contributed by atoms with Crippen LogP contribution in [0.15, 0.2) is 36.3 Å². The predicted molar refractivity (Wildman–Crippen MR) is 106 cm³/mol. The fraction of sp³-hybridized carbons (Fsp3) is 0.400. The standard InChI is InChI=1S/C20H25N5O3/c1-4-13(2)19(26)24-9-6-15(7-10-24)25-14(3)17(12-22-25)23-18-11-21-8-5-16(18)20(27)28/h4-5,8,11-12,15,23H,6-7,9-10H2,1-3H3,(H,27,28)/b13-4+. The van der Waals surface area contributed by atoms with E-state index < -0.39 is 5.97 Å². The van der Waals surface area contributed by atoms with Crippen molar-refractivity contribution in [2.45, 2.75) is 39.7 Å². The maximum absolute atomic E-state index is 12.3. The monoisotopic (exact) mass is 383 g/mol. The smallest absolute Gasteiger partial charge is 0.337 e. The van der Waals surface area contributed by atoms with Crippen molar-refractivity contribution in [1.82, 2.24) is 19.7 Å². The van der Waals surface area contributed by atoms with Crippen molar-refractivity contribution in [3.05, 3.63) is 47.6 Å². The molecule has 148 valence electrons. The first-order valence-corrected chi connectivity index (χ1v) is 9.33. The summed E-state index contributed by atoms with van der Waals surface area (Å²) in [4.78, 5) is 29.6. The van der Waals surface area contributed by atoms with Crippen molar-refractivity contribution in [2.24, 2.45) is 0 Å². The Kier molecular flexibility index (Phi) is 5.77. The summed E-state index contributed by atoms with van der Waals surface area (Å²) in [6.07, 6.45) is 8.16. The zero-order chi connectivity index (χ0) is 20.3. The molecule has 1 aliphatic heterocycles. The summed E-state index contributed by atoms with van der Waals surface area (Å²) in [6, 6.07) is 1.67. The minimum Gasteiger partial charge on any atom is -0.478 e. The second-order valence-corrected chi connectivity index (χ2v) is 6.93. The molecule has 0 aromatic carbocycles. The molecule has 2 N–H and O–H groups in total. The van der Waals surface area contributed by atoms with Gasteiger partial charge in [0.2, 0.25) is 5.91 Å². The molecule has 0 bridgehead atoms. The van der Waals surface area contributed by atoms with Crippen molar-refractivity contribution in [1.29, 1.82) is 0 Å². The summed E-state index contributed by atoms with van der Waals surface area (Å²) in [7, 11) is 0. The number of aromatic nitrogens is 3. The highest BCUT2D eigenvalue weighted by Crippen LogP contribution is 2.29. The lowest BCUT2D eigenvalue weighted by molar-refractivity contribution is -0.128. The third-order valence-electron chi connectivity index (χ3n) is 5.23. The number of hydrogen-bond acceptors (Lipinski definition) is 5. The number of anilines is 2. The van der Waals surface area contributed by atoms with E-state index in [2.05, 4.69) is 15.4 Å². The Morgan fingerprint density at radius 3 is 2.61 bits per heavy atom. The molecule has 1 amide bonds. The molecule has 0 radical (unpaired) electrons. The van der Waals surface area contributed by atoms with Gasteiger partial charge < -0.3 is 15.3 Å². The zero-order valence-electron chi connectivity index (χ0n) is 16.3. The van der Waals surface area contributed by atoms with E-state index in [0.717, 1.165) is 29.8 Å². The Bertz CT molecular complexity index is 910. The number of allylic oxidation sites excluding steroid dienone is 1. The normalized spacial score (nSPS) is 15.5. The van der Waals surface area contributed by atoms with Crippen LogP contribution in [0.5, 0.6) is 0 Å². The highest BCUT2D eigenvalue weighted by molar-refractivity contribution is 5.95. The molecule has 0 atom stereocenters. The number of carboxylic acids is 1. The summed E-state index contributed by atoms with van der Waals surface area (Å²) >= 11 is 0. The second kappa shape index (κ2) is 8.24. The highest BCUT2D eigenvalue weighted by atomic mass is 16.4. The molecule has 1 saturated heterocycles. The van der Waals surface area contributed by atoms with E-state index >= 15 is 0 Å². The Hall–Kier alpha value is -3.16. The largest absolute Gasteiger partial charge is 0.478 e. The van der Waals surface area contributed by atoms with Gasteiger partial charge >= 0.3 is 5.97 Å². The number of nitrogens with zero attached hydrogens (tertiary/aromatic N) is 4. The third-order valence-corrected chi connectivity index (χ3v) is 5.23. The Labute approximate surface area is 163 Å². The van der Waals surface area contributed by atoms with Crippen molar-refractivity contribution >= 4 is 23.3 Å². The van der Waals surface area contributed by atoms with Gasteiger partial charge in [-0.15, -0.1) is 0 Å². The maximum Gasteiger partial charge on any atom is 0.337 e. The van der Waals surface area contributed by atoms with Crippen LogP contribution in [0.4, 0.5) is 11.4 Å². The molecule has 1 fully saturated rings. The molecule has 0 spiro atoms.